The Kier molecular flexibility index (Phi) is 5.42. The normalized spacial score (nSPS) is 11.3. The number of hydrogen-bond donors (Lipinski definition) is 1. The second-order valence-corrected chi connectivity index (χ2v) is 7.82. The first kappa shape index (κ1) is 20.6. The molecule has 5 aromatic rings. The van der Waals surface area contributed by atoms with E-state index in [0.29, 0.717) is 17.1 Å². The van der Waals surface area contributed by atoms with Crippen LogP contribution in [0.3, 0.4) is 0 Å². The fourth-order valence-electron chi connectivity index (χ4n) is 3.74. The summed E-state index contributed by atoms with van der Waals surface area (Å²) in [6.07, 6.45) is 1.40. The summed E-state index contributed by atoms with van der Waals surface area (Å²) < 4.78 is 3.05. The Hall–Kier alpha value is -4.29. The number of nitrogens with zero attached hydrogens (tertiary/aromatic N) is 3. The zero-order valence-electron chi connectivity index (χ0n) is 17.5. The fourth-order valence-corrected chi connectivity index (χ4v) is 4.12. The highest BCUT2D eigenvalue weighted by molar-refractivity contribution is 7.71. The average Bonchev–Trinajstić information content (AvgIpc) is 2.85. The summed E-state index contributed by atoms with van der Waals surface area (Å²) in [6, 6.07) is 32.1. The molecule has 1 heterocycles. The highest BCUT2D eigenvalue weighted by Gasteiger charge is 2.18. The lowest BCUT2D eigenvalue weighted by atomic mass is 10.1. The van der Waals surface area contributed by atoms with E-state index >= 15 is 0 Å². The van der Waals surface area contributed by atoms with Gasteiger partial charge >= 0.3 is 0 Å². The van der Waals surface area contributed by atoms with E-state index in [1.807, 2.05) is 91.0 Å². The van der Waals surface area contributed by atoms with E-state index in [2.05, 4.69) is 4.99 Å². The summed E-state index contributed by atoms with van der Waals surface area (Å²) in [5.41, 5.74) is 1.53. The Labute approximate surface area is 195 Å². The van der Waals surface area contributed by atoms with Crippen LogP contribution in [-0.2, 0) is 0 Å². The number of para-hydroxylation sites is 2. The predicted molar refractivity (Wildman–Crippen MR) is 135 cm³/mol. The third-order valence-corrected chi connectivity index (χ3v) is 5.74. The molecule has 5 nitrogen and oxygen atoms in total. The van der Waals surface area contributed by atoms with Gasteiger partial charge in [-0.15, -0.1) is 0 Å². The van der Waals surface area contributed by atoms with Crippen LogP contribution < -0.4 is 5.56 Å². The van der Waals surface area contributed by atoms with Crippen molar-refractivity contribution in [3.8, 4) is 17.3 Å². The first-order valence-electron chi connectivity index (χ1n) is 10.4. The molecule has 1 aromatic heterocycles. The van der Waals surface area contributed by atoms with Gasteiger partial charge in [-0.3, -0.25) is 18.9 Å². The molecule has 0 bridgehead atoms. The van der Waals surface area contributed by atoms with Crippen molar-refractivity contribution in [3.05, 3.63) is 124 Å². The number of aromatic hydroxyl groups is 1. The highest BCUT2D eigenvalue weighted by atomic mass is 32.1. The van der Waals surface area contributed by atoms with Crippen molar-refractivity contribution in [2.24, 2.45) is 4.99 Å². The number of rotatable bonds is 4. The molecule has 160 valence electrons. The predicted octanol–water partition coefficient (Wildman–Crippen LogP) is 5.97. The molecular formula is C27H19N3O2S. The quantitative estimate of drug-likeness (QED) is 0.272. The SMILES string of the molecule is O=c1c(C=Nc2ccc3ccccc3c2)c(O)n(-c2ccccc2)c(=S)n1-c1ccccc1. The molecule has 0 atom stereocenters. The summed E-state index contributed by atoms with van der Waals surface area (Å²) >= 11 is 5.64. The summed E-state index contributed by atoms with van der Waals surface area (Å²) in [5.74, 6) is -0.257. The van der Waals surface area contributed by atoms with E-state index in [-0.39, 0.29) is 16.2 Å². The maximum absolute atomic E-state index is 13.5. The fraction of sp³-hybridized carbons (Fsp3) is 0. The smallest absolute Gasteiger partial charge is 0.271 e. The molecule has 4 aromatic carbocycles. The summed E-state index contributed by atoms with van der Waals surface area (Å²) in [4.78, 5) is 18.0. The van der Waals surface area contributed by atoms with Crippen LogP contribution in [0.15, 0.2) is 113 Å². The summed E-state index contributed by atoms with van der Waals surface area (Å²) in [5, 5.41) is 13.3. The zero-order chi connectivity index (χ0) is 22.8. The molecule has 5 rings (SSSR count). The molecule has 0 fully saturated rings. The Balaban J connectivity index is 1.73. The minimum Gasteiger partial charge on any atom is -0.494 e. The molecule has 0 spiro atoms. The molecule has 0 aliphatic rings. The molecule has 0 saturated heterocycles. The van der Waals surface area contributed by atoms with Crippen molar-refractivity contribution in [1.29, 1.82) is 0 Å². The van der Waals surface area contributed by atoms with Gasteiger partial charge in [0.1, 0.15) is 5.56 Å². The van der Waals surface area contributed by atoms with Crippen LogP contribution in [0, 0.1) is 4.77 Å². The molecule has 6 heteroatoms. The molecule has 0 aliphatic heterocycles. The van der Waals surface area contributed by atoms with Gasteiger partial charge in [0.05, 0.1) is 17.1 Å². The van der Waals surface area contributed by atoms with Gasteiger partial charge in [0.15, 0.2) is 4.77 Å². The minimum atomic E-state index is -0.444. The molecule has 1 N–H and O–H groups in total. The van der Waals surface area contributed by atoms with E-state index in [0.717, 1.165) is 10.8 Å². The average molecular weight is 450 g/mol. The van der Waals surface area contributed by atoms with Crippen LogP contribution >= 0.6 is 12.2 Å². The Morgan fingerprint density at radius 1 is 0.727 bits per heavy atom. The molecule has 0 radical (unpaired) electrons. The van der Waals surface area contributed by atoms with Gasteiger partial charge in [0.2, 0.25) is 5.88 Å². The largest absolute Gasteiger partial charge is 0.494 e. The van der Waals surface area contributed by atoms with Gasteiger partial charge < -0.3 is 5.11 Å². The number of hydrogen-bond acceptors (Lipinski definition) is 4. The number of aliphatic imine (C=N–C) groups is 1. The minimum absolute atomic E-state index is 0.0458. The van der Waals surface area contributed by atoms with Crippen molar-refractivity contribution in [1.82, 2.24) is 9.13 Å². The van der Waals surface area contributed by atoms with Gasteiger partial charge in [0.25, 0.3) is 5.56 Å². The van der Waals surface area contributed by atoms with Gasteiger partial charge in [-0.25, -0.2) is 0 Å². The maximum Gasteiger partial charge on any atom is 0.271 e. The molecule has 0 saturated carbocycles. The third kappa shape index (κ3) is 3.88. The van der Waals surface area contributed by atoms with E-state index < -0.39 is 5.56 Å². The standard InChI is InChI=1S/C27H19N3O2S/c31-25-24(18-28-21-16-15-19-9-7-8-10-20(19)17-21)26(32)30(23-13-5-2-6-14-23)27(33)29(25)22-11-3-1-4-12-22/h1-18,31H. The second kappa shape index (κ2) is 8.68. The van der Waals surface area contributed by atoms with Crippen LogP contribution in [0.5, 0.6) is 5.88 Å². The lowest BCUT2D eigenvalue weighted by Crippen LogP contribution is -2.27. The van der Waals surface area contributed by atoms with E-state index in [1.165, 1.54) is 15.3 Å². The highest BCUT2D eigenvalue weighted by Crippen LogP contribution is 2.24. The van der Waals surface area contributed by atoms with Crippen molar-refractivity contribution in [3.63, 3.8) is 0 Å². The summed E-state index contributed by atoms with van der Waals surface area (Å²) in [7, 11) is 0. The Bertz CT molecular complexity index is 1600. The van der Waals surface area contributed by atoms with Crippen LogP contribution in [0.2, 0.25) is 0 Å². The molecule has 0 aliphatic carbocycles. The monoisotopic (exact) mass is 449 g/mol. The zero-order valence-corrected chi connectivity index (χ0v) is 18.3. The Morgan fingerprint density at radius 2 is 1.30 bits per heavy atom. The molecule has 0 amide bonds. The van der Waals surface area contributed by atoms with Gasteiger partial charge in [-0.05, 0) is 59.4 Å². The second-order valence-electron chi connectivity index (χ2n) is 7.46. The van der Waals surface area contributed by atoms with Crippen LogP contribution in [0.4, 0.5) is 5.69 Å². The lowest BCUT2D eigenvalue weighted by molar-refractivity contribution is 0.430. The summed E-state index contributed by atoms with van der Waals surface area (Å²) in [6.45, 7) is 0. The Morgan fingerprint density at radius 3 is 1.97 bits per heavy atom. The van der Waals surface area contributed by atoms with Crippen molar-refractivity contribution >= 4 is 34.9 Å². The molecule has 0 unspecified atom stereocenters. The van der Waals surface area contributed by atoms with Crippen LogP contribution in [0.25, 0.3) is 22.1 Å². The first-order valence-corrected chi connectivity index (χ1v) is 10.8. The van der Waals surface area contributed by atoms with Crippen LogP contribution in [0.1, 0.15) is 5.56 Å². The van der Waals surface area contributed by atoms with E-state index in [9.17, 15) is 9.90 Å². The van der Waals surface area contributed by atoms with Gasteiger partial charge in [-0.2, -0.15) is 0 Å². The van der Waals surface area contributed by atoms with Crippen molar-refractivity contribution in [2.45, 2.75) is 0 Å². The number of benzene rings is 4. The van der Waals surface area contributed by atoms with E-state index in [4.69, 9.17) is 12.2 Å². The first-order chi connectivity index (χ1) is 16.1. The number of aromatic nitrogens is 2. The van der Waals surface area contributed by atoms with E-state index in [1.54, 1.807) is 12.1 Å². The molecular weight excluding hydrogens is 430 g/mol. The topological polar surface area (TPSA) is 59.5 Å². The third-order valence-electron chi connectivity index (χ3n) is 5.37. The maximum atomic E-state index is 13.5. The van der Waals surface area contributed by atoms with Gasteiger partial charge in [-0.1, -0.05) is 66.7 Å². The molecule has 33 heavy (non-hydrogen) atoms. The van der Waals surface area contributed by atoms with Crippen molar-refractivity contribution < 1.29 is 5.11 Å². The van der Waals surface area contributed by atoms with Crippen molar-refractivity contribution in [2.75, 3.05) is 0 Å². The van der Waals surface area contributed by atoms with Crippen LogP contribution in [-0.4, -0.2) is 20.5 Å². The van der Waals surface area contributed by atoms with Gasteiger partial charge in [0, 0.05) is 6.21 Å². The lowest BCUT2D eigenvalue weighted by Gasteiger charge is -2.16. The number of fused-ring (bicyclic) bond motifs is 1.